The van der Waals surface area contributed by atoms with E-state index in [1.165, 1.54) is 0 Å². The molecular weight excluding hydrogens is 306 g/mol. The number of sulfone groups is 1. The SMILES string of the molecule is CC1(C)CN(c2nnc(S(=O)(=O)C3CCCCC3)o2)CCO1. The van der Waals surface area contributed by atoms with Gasteiger partial charge in [-0.25, -0.2) is 8.42 Å². The van der Waals surface area contributed by atoms with Gasteiger partial charge in [-0.15, -0.1) is 0 Å². The van der Waals surface area contributed by atoms with Gasteiger partial charge in [-0.3, -0.25) is 0 Å². The van der Waals surface area contributed by atoms with Crippen LogP contribution in [0.3, 0.4) is 0 Å². The first-order chi connectivity index (χ1) is 10.4. The van der Waals surface area contributed by atoms with E-state index in [1.807, 2.05) is 18.7 Å². The molecule has 3 rings (SSSR count). The molecular formula is C14H23N3O4S. The maximum Gasteiger partial charge on any atom is 0.337 e. The molecule has 0 amide bonds. The van der Waals surface area contributed by atoms with Gasteiger partial charge in [-0.1, -0.05) is 29.5 Å². The van der Waals surface area contributed by atoms with E-state index in [-0.39, 0.29) is 22.1 Å². The molecule has 124 valence electrons. The van der Waals surface area contributed by atoms with Gasteiger partial charge in [0.25, 0.3) is 0 Å². The molecule has 0 atom stereocenters. The first-order valence-corrected chi connectivity index (χ1v) is 9.39. The molecule has 1 saturated carbocycles. The highest BCUT2D eigenvalue weighted by Crippen LogP contribution is 2.30. The van der Waals surface area contributed by atoms with E-state index in [4.69, 9.17) is 9.15 Å². The quantitative estimate of drug-likeness (QED) is 0.835. The molecule has 0 aromatic carbocycles. The predicted octanol–water partition coefficient (Wildman–Crippen LogP) is 1.79. The van der Waals surface area contributed by atoms with Crippen molar-refractivity contribution in [2.75, 3.05) is 24.6 Å². The van der Waals surface area contributed by atoms with E-state index < -0.39 is 9.84 Å². The molecule has 7 nitrogen and oxygen atoms in total. The normalized spacial score (nSPS) is 23.6. The second kappa shape index (κ2) is 5.81. The average molecular weight is 329 g/mol. The van der Waals surface area contributed by atoms with Crippen LogP contribution in [0.15, 0.2) is 9.64 Å². The third kappa shape index (κ3) is 3.12. The van der Waals surface area contributed by atoms with Gasteiger partial charge < -0.3 is 14.1 Å². The Hall–Kier alpha value is -1.15. The molecule has 2 fully saturated rings. The lowest BCUT2D eigenvalue weighted by molar-refractivity contribution is -0.0291. The van der Waals surface area contributed by atoms with Gasteiger partial charge in [-0.05, 0) is 26.7 Å². The summed E-state index contributed by atoms with van der Waals surface area (Å²) in [5, 5.41) is 7.12. The van der Waals surface area contributed by atoms with Gasteiger partial charge in [0.15, 0.2) is 0 Å². The zero-order chi connectivity index (χ0) is 15.8. The first-order valence-electron chi connectivity index (χ1n) is 7.85. The summed E-state index contributed by atoms with van der Waals surface area (Å²) >= 11 is 0. The van der Waals surface area contributed by atoms with Gasteiger partial charge in [0.05, 0.1) is 24.0 Å². The zero-order valence-corrected chi connectivity index (χ0v) is 13.9. The minimum atomic E-state index is -3.51. The van der Waals surface area contributed by atoms with Crippen LogP contribution in [0.4, 0.5) is 6.01 Å². The van der Waals surface area contributed by atoms with E-state index >= 15 is 0 Å². The Morgan fingerprint density at radius 3 is 2.59 bits per heavy atom. The second-order valence-corrected chi connectivity index (χ2v) is 8.79. The Bertz CT molecular complexity index is 620. The van der Waals surface area contributed by atoms with Crippen molar-refractivity contribution in [1.82, 2.24) is 10.2 Å². The smallest absolute Gasteiger partial charge is 0.337 e. The Morgan fingerprint density at radius 2 is 1.91 bits per heavy atom. The van der Waals surface area contributed by atoms with Crippen molar-refractivity contribution in [2.45, 2.75) is 62.0 Å². The van der Waals surface area contributed by atoms with Gasteiger partial charge in [0, 0.05) is 6.54 Å². The Kier molecular flexibility index (Phi) is 4.15. The fraction of sp³-hybridized carbons (Fsp3) is 0.857. The van der Waals surface area contributed by atoms with Crippen LogP contribution >= 0.6 is 0 Å². The van der Waals surface area contributed by atoms with Gasteiger partial charge in [0.2, 0.25) is 9.84 Å². The lowest BCUT2D eigenvalue weighted by Crippen LogP contribution is -2.48. The lowest BCUT2D eigenvalue weighted by Gasteiger charge is -2.36. The van der Waals surface area contributed by atoms with Crippen molar-refractivity contribution >= 4 is 15.9 Å². The third-order valence-corrected chi connectivity index (χ3v) is 6.33. The number of ether oxygens (including phenoxy) is 1. The Morgan fingerprint density at radius 1 is 1.18 bits per heavy atom. The zero-order valence-electron chi connectivity index (χ0n) is 13.1. The minimum absolute atomic E-state index is 0.237. The fourth-order valence-corrected chi connectivity index (χ4v) is 4.73. The maximum atomic E-state index is 12.6. The van der Waals surface area contributed by atoms with Crippen LogP contribution < -0.4 is 4.90 Å². The summed E-state index contributed by atoms with van der Waals surface area (Å²) < 4.78 is 36.3. The number of morpholine rings is 1. The van der Waals surface area contributed by atoms with Crippen LogP contribution in [0.5, 0.6) is 0 Å². The average Bonchev–Trinajstić information content (AvgIpc) is 2.98. The molecule has 22 heavy (non-hydrogen) atoms. The van der Waals surface area contributed by atoms with Crippen molar-refractivity contribution < 1.29 is 17.6 Å². The standard InChI is InChI=1S/C14H23N3O4S/c1-14(2)10-17(8-9-20-14)12-15-16-13(21-12)22(18,19)11-6-4-3-5-7-11/h11H,3-10H2,1-2H3. The van der Waals surface area contributed by atoms with Gasteiger partial charge >= 0.3 is 11.2 Å². The van der Waals surface area contributed by atoms with Gasteiger partial charge in [0.1, 0.15) is 0 Å². The number of hydrogen-bond donors (Lipinski definition) is 0. The monoisotopic (exact) mass is 329 g/mol. The molecule has 8 heteroatoms. The van der Waals surface area contributed by atoms with E-state index in [0.717, 1.165) is 19.3 Å². The maximum absolute atomic E-state index is 12.6. The summed E-state index contributed by atoms with van der Waals surface area (Å²) in [5.41, 5.74) is -0.310. The van der Waals surface area contributed by atoms with Crippen molar-refractivity contribution in [3.63, 3.8) is 0 Å². The third-order valence-electron chi connectivity index (χ3n) is 4.33. The lowest BCUT2D eigenvalue weighted by atomic mass is 10.0. The number of nitrogens with zero attached hydrogens (tertiary/aromatic N) is 3. The molecule has 2 aliphatic rings. The number of anilines is 1. The molecule has 1 aromatic heterocycles. The highest BCUT2D eigenvalue weighted by atomic mass is 32.2. The molecule has 1 aliphatic carbocycles. The number of aromatic nitrogens is 2. The van der Waals surface area contributed by atoms with Crippen LogP contribution in [-0.4, -0.2) is 49.2 Å². The molecule has 0 unspecified atom stereocenters. The molecule has 0 radical (unpaired) electrons. The Balaban J connectivity index is 1.78. The van der Waals surface area contributed by atoms with E-state index in [1.54, 1.807) is 0 Å². The number of rotatable bonds is 3. The molecule has 0 spiro atoms. The van der Waals surface area contributed by atoms with Crippen LogP contribution in [0.2, 0.25) is 0 Å². The summed E-state index contributed by atoms with van der Waals surface area (Å²) in [4.78, 5) is 1.89. The fourth-order valence-electron chi connectivity index (χ4n) is 3.14. The van der Waals surface area contributed by atoms with Crippen molar-refractivity contribution in [2.24, 2.45) is 0 Å². The molecule has 0 bridgehead atoms. The predicted molar refractivity (Wildman–Crippen MR) is 80.6 cm³/mol. The van der Waals surface area contributed by atoms with Crippen LogP contribution in [-0.2, 0) is 14.6 Å². The second-order valence-electron chi connectivity index (χ2n) is 6.69. The van der Waals surface area contributed by atoms with Gasteiger partial charge in [-0.2, -0.15) is 0 Å². The highest BCUT2D eigenvalue weighted by molar-refractivity contribution is 7.91. The Labute approximate surface area is 130 Å². The molecule has 1 saturated heterocycles. The summed E-state index contributed by atoms with van der Waals surface area (Å²) in [7, 11) is -3.51. The van der Waals surface area contributed by atoms with E-state index in [0.29, 0.717) is 32.5 Å². The molecule has 2 heterocycles. The van der Waals surface area contributed by atoms with Crippen molar-refractivity contribution in [1.29, 1.82) is 0 Å². The largest absolute Gasteiger partial charge is 0.394 e. The minimum Gasteiger partial charge on any atom is -0.394 e. The van der Waals surface area contributed by atoms with E-state index in [9.17, 15) is 8.42 Å². The van der Waals surface area contributed by atoms with Crippen LogP contribution in [0, 0.1) is 0 Å². The number of hydrogen-bond acceptors (Lipinski definition) is 7. The summed E-state index contributed by atoms with van der Waals surface area (Å²) in [6, 6.07) is 0.269. The summed E-state index contributed by atoms with van der Waals surface area (Å²) in [5.74, 6) is 0. The van der Waals surface area contributed by atoms with Crippen LogP contribution in [0.25, 0.3) is 0 Å². The topological polar surface area (TPSA) is 85.5 Å². The van der Waals surface area contributed by atoms with Crippen LogP contribution in [0.1, 0.15) is 46.0 Å². The highest BCUT2D eigenvalue weighted by Gasteiger charge is 2.35. The van der Waals surface area contributed by atoms with E-state index in [2.05, 4.69) is 10.2 Å². The molecule has 0 N–H and O–H groups in total. The molecule has 1 aromatic rings. The molecule has 1 aliphatic heterocycles. The first kappa shape index (κ1) is 15.7. The summed E-state index contributed by atoms with van der Waals surface area (Å²) in [6.07, 6.45) is 4.37. The van der Waals surface area contributed by atoms with Crippen molar-refractivity contribution in [3.05, 3.63) is 0 Å². The van der Waals surface area contributed by atoms with Crippen molar-refractivity contribution in [3.8, 4) is 0 Å². The summed E-state index contributed by atoms with van der Waals surface area (Å²) in [6.45, 7) is 5.73.